The highest BCUT2D eigenvalue weighted by Crippen LogP contribution is 2.13. The van der Waals surface area contributed by atoms with Gasteiger partial charge < -0.3 is 0 Å². The van der Waals surface area contributed by atoms with E-state index in [9.17, 15) is 4.79 Å². The Balaban J connectivity index is 2.67. The number of hydrogen-bond acceptors (Lipinski definition) is 1. The Hall–Kier alpha value is -0.0600. The zero-order valence-corrected chi connectivity index (χ0v) is 8.04. The van der Waals surface area contributed by atoms with Gasteiger partial charge in [-0.3, -0.25) is 7.91 Å². The van der Waals surface area contributed by atoms with Crippen molar-refractivity contribution in [3.05, 3.63) is 12.2 Å². The Morgan fingerprint density at radius 1 is 1.80 bits per heavy atom. The molecule has 0 saturated carbocycles. The van der Waals surface area contributed by atoms with E-state index in [0.717, 1.165) is 13.0 Å². The van der Waals surface area contributed by atoms with Crippen molar-refractivity contribution in [1.82, 2.24) is 3.11 Å². The van der Waals surface area contributed by atoms with Crippen molar-refractivity contribution < 1.29 is 4.79 Å². The topological polar surface area (TPSA) is 20.3 Å². The molecule has 0 aromatic carbocycles. The lowest BCUT2D eigenvalue weighted by Gasteiger charge is -2.13. The minimum absolute atomic E-state index is 0.0689. The van der Waals surface area contributed by atoms with Gasteiger partial charge in [0.15, 0.2) is 0 Å². The van der Waals surface area contributed by atoms with Crippen LogP contribution < -0.4 is 0 Å². The zero-order valence-electron chi connectivity index (χ0n) is 5.88. The summed E-state index contributed by atoms with van der Waals surface area (Å²) in [5, 5.41) is 0. The summed E-state index contributed by atoms with van der Waals surface area (Å²) in [5.41, 5.74) is 0. The SMILES string of the molecule is CC1C=CCCN(I)C1=O. The highest BCUT2D eigenvalue weighted by Gasteiger charge is 2.17. The summed E-state index contributed by atoms with van der Waals surface area (Å²) in [4.78, 5) is 11.2. The van der Waals surface area contributed by atoms with Crippen LogP contribution in [-0.2, 0) is 4.79 Å². The molecule has 0 aromatic heterocycles. The minimum atomic E-state index is 0.0689. The molecular weight excluding hydrogens is 241 g/mol. The maximum absolute atomic E-state index is 11.2. The summed E-state index contributed by atoms with van der Waals surface area (Å²) in [6.07, 6.45) is 5.03. The molecule has 0 bridgehead atoms. The van der Waals surface area contributed by atoms with Crippen LogP contribution in [0.4, 0.5) is 0 Å². The Labute approximate surface area is 74.8 Å². The highest BCUT2D eigenvalue weighted by molar-refractivity contribution is 14.1. The number of hydrogen-bond donors (Lipinski definition) is 0. The summed E-state index contributed by atoms with van der Waals surface area (Å²) in [6.45, 7) is 2.77. The molecule has 0 aliphatic carbocycles. The second kappa shape index (κ2) is 3.37. The standard InChI is InChI=1S/C7H10INO/c1-6-4-2-3-5-9(8)7(6)10/h2,4,6H,3,5H2,1H3. The van der Waals surface area contributed by atoms with Crippen LogP contribution in [0.3, 0.4) is 0 Å². The van der Waals surface area contributed by atoms with Crippen molar-refractivity contribution in [3.8, 4) is 0 Å². The molecule has 1 heterocycles. The average molecular weight is 251 g/mol. The molecule has 3 heteroatoms. The molecule has 1 aliphatic heterocycles. The molecule has 1 rings (SSSR count). The van der Waals surface area contributed by atoms with E-state index in [2.05, 4.69) is 28.9 Å². The molecule has 2 nitrogen and oxygen atoms in total. The van der Waals surface area contributed by atoms with Crippen molar-refractivity contribution in [2.45, 2.75) is 13.3 Å². The second-order valence-electron chi connectivity index (χ2n) is 2.43. The van der Waals surface area contributed by atoms with Crippen LogP contribution >= 0.6 is 22.9 Å². The van der Waals surface area contributed by atoms with Crippen LogP contribution in [0.2, 0.25) is 0 Å². The van der Waals surface area contributed by atoms with Gasteiger partial charge in [0.05, 0.1) is 28.8 Å². The van der Waals surface area contributed by atoms with Crippen LogP contribution in [0.1, 0.15) is 13.3 Å². The Bertz CT molecular complexity index is 167. The predicted molar refractivity (Wildman–Crippen MR) is 48.7 cm³/mol. The van der Waals surface area contributed by atoms with Crippen LogP contribution in [0.25, 0.3) is 0 Å². The first-order valence-electron chi connectivity index (χ1n) is 3.35. The Morgan fingerprint density at radius 3 is 3.20 bits per heavy atom. The van der Waals surface area contributed by atoms with Crippen molar-refractivity contribution in [1.29, 1.82) is 0 Å². The van der Waals surface area contributed by atoms with E-state index in [1.807, 2.05) is 13.0 Å². The third kappa shape index (κ3) is 1.71. The fraction of sp³-hybridized carbons (Fsp3) is 0.571. The van der Waals surface area contributed by atoms with Gasteiger partial charge in [0.2, 0.25) is 5.91 Å². The molecule has 0 aromatic rings. The van der Waals surface area contributed by atoms with Crippen LogP contribution in [0, 0.1) is 5.92 Å². The molecule has 1 unspecified atom stereocenters. The second-order valence-corrected chi connectivity index (χ2v) is 3.59. The summed E-state index contributed by atoms with van der Waals surface area (Å²) in [7, 11) is 0. The molecule has 10 heavy (non-hydrogen) atoms. The predicted octanol–water partition coefficient (Wildman–Crippen LogP) is 1.76. The zero-order chi connectivity index (χ0) is 7.56. The quantitative estimate of drug-likeness (QED) is 0.365. The van der Waals surface area contributed by atoms with Crippen molar-refractivity contribution in [3.63, 3.8) is 0 Å². The van der Waals surface area contributed by atoms with E-state index >= 15 is 0 Å². The number of rotatable bonds is 0. The Morgan fingerprint density at radius 2 is 2.50 bits per heavy atom. The highest BCUT2D eigenvalue weighted by atomic mass is 127. The monoisotopic (exact) mass is 251 g/mol. The number of carbonyl (C=O) groups is 1. The summed E-state index contributed by atoms with van der Waals surface area (Å²) < 4.78 is 1.75. The van der Waals surface area contributed by atoms with Crippen LogP contribution in [-0.4, -0.2) is 15.6 Å². The molecule has 1 amide bonds. The van der Waals surface area contributed by atoms with Gasteiger partial charge in [-0.1, -0.05) is 19.1 Å². The lowest BCUT2D eigenvalue weighted by Crippen LogP contribution is -2.24. The first-order valence-corrected chi connectivity index (χ1v) is 4.32. The number of carbonyl (C=O) groups excluding carboxylic acids is 1. The van der Waals surface area contributed by atoms with E-state index in [0.29, 0.717) is 0 Å². The van der Waals surface area contributed by atoms with Crippen LogP contribution in [0.5, 0.6) is 0 Å². The minimum Gasteiger partial charge on any atom is -0.284 e. The van der Waals surface area contributed by atoms with Gasteiger partial charge in [0.1, 0.15) is 0 Å². The third-order valence-electron chi connectivity index (χ3n) is 1.55. The van der Waals surface area contributed by atoms with Crippen molar-refractivity contribution >= 4 is 28.8 Å². The fourth-order valence-electron chi connectivity index (χ4n) is 0.902. The summed E-state index contributed by atoms with van der Waals surface area (Å²) in [5.74, 6) is 0.286. The average Bonchev–Trinajstić information content (AvgIpc) is 2.04. The van der Waals surface area contributed by atoms with Crippen LogP contribution in [0.15, 0.2) is 12.2 Å². The van der Waals surface area contributed by atoms with Gasteiger partial charge in [-0.05, 0) is 6.42 Å². The first-order chi connectivity index (χ1) is 4.72. The van der Waals surface area contributed by atoms with Gasteiger partial charge in [-0.15, -0.1) is 0 Å². The smallest absolute Gasteiger partial charge is 0.237 e. The van der Waals surface area contributed by atoms with Crippen molar-refractivity contribution in [2.75, 3.05) is 6.54 Å². The van der Waals surface area contributed by atoms with Gasteiger partial charge in [-0.25, -0.2) is 0 Å². The van der Waals surface area contributed by atoms with Gasteiger partial charge in [-0.2, -0.15) is 0 Å². The van der Waals surface area contributed by atoms with Gasteiger partial charge in [0.25, 0.3) is 0 Å². The molecule has 0 fully saturated rings. The lowest BCUT2D eigenvalue weighted by molar-refractivity contribution is -0.127. The number of amides is 1. The summed E-state index contributed by atoms with van der Waals surface area (Å²) in [6, 6.07) is 0. The molecule has 0 radical (unpaired) electrons. The van der Waals surface area contributed by atoms with E-state index in [1.54, 1.807) is 3.11 Å². The van der Waals surface area contributed by atoms with E-state index in [-0.39, 0.29) is 11.8 Å². The first kappa shape index (κ1) is 8.04. The Kier molecular flexibility index (Phi) is 2.71. The molecule has 0 saturated heterocycles. The number of halogens is 1. The van der Waals surface area contributed by atoms with Crippen molar-refractivity contribution in [2.24, 2.45) is 5.92 Å². The normalized spacial score (nSPS) is 26.8. The third-order valence-corrected chi connectivity index (χ3v) is 2.50. The maximum atomic E-state index is 11.2. The number of nitrogens with zero attached hydrogens (tertiary/aromatic N) is 1. The van der Waals surface area contributed by atoms with E-state index in [4.69, 9.17) is 0 Å². The lowest BCUT2D eigenvalue weighted by atomic mass is 10.1. The molecule has 1 aliphatic rings. The molecule has 0 N–H and O–H groups in total. The molecular formula is C7H10INO. The summed E-state index contributed by atoms with van der Waals surface area (Å²) >= 11 is 2.07. The largest absolute Gasteiger partial charge is 0.284 e. The van der Waals surface area contributed by atoms with Gasteiger partial charge in [0, 0.05) is 6.54 Å². The molecule has 0 spiro atoms. The molecule has 1 atom stereocenters. The molecule has 56 valence electrons. The maximum Gasteiger partial charge on any atom is 0.237 e. The van der Waals surface area contributed by atoms with E-state index in [1.165, 1.54) is 0 Å². The van der Waals surface area contributed by atoms with Gasteiger partial charge >= 0.3 is 0 Å². The van der Waals surface area contributed by atoms with E-state index < -0.39 is 0 Å². The fourth-order valence-corrected chi connectivity index (χ4v) is 1.62.